The molecule has 5 nitrogen and oxygen atoms in total. The first-order chi connectivity index (χ1) is 12.0. The molecular weight excluding hydrogens is 314 g/mol. The summed E-state index contributed by atoms with van der Waals surface area (Å²) in [4.78, 5) is 9.09. The van der Waals surface area contributed by atoms with Crippen molar-refractivity contribution in [2.45, 2.75) is 45.6 Å². The van der Waals surface area contributed by atoms with Crippen molar-refractivity contribution in [3.63, 3.8) is 0 Å². The number of aliphatic hydroxyl groups is 1. The molecule has 1 saturated carbocycles. The summed E-state index contributed by atoms with van der Waals surface area (Å²) in [5.41, 5.74) is 3.63. The predicted octanol–water partition coefficient (Wildman–Crippen LogP) is 3.68. The fourth-order valence-corrected chi connectivity index (χ4v) is 4.64. The highest BCUT2D eigenvalue weighted by Crippen LogP contribution is 2.49. The molecule has 3 heterocycles. The number of rotatable bonds is 4. The summed E-state index contributed by atoms with van der Waals surface area (Å²) < 4.78 is 7.54. The number of aliphatic hydroxyl groups excluding tert-OH is 1. The molecule has 1 aliphatic heterocycles. The van der Waals surface area contributed by atoms with Crippen LogP contribution in [-0.2, 0) is 0 Å². The number of pyridine rings is 1. The van der Waals surface area contributed by atoms with Crippen LogP contribution in [0.3, 0.4) is 0 Å². The highest BCUT2D eigenvalue weighted by Gasteiger charge is 2.41. The van der Waals surface area contributed by atoms with E-state index in [1.807, 2.05) is 18.6 Å². The zero-order valence-corrected chi connectivity index (χ0v) is 15.3. The maximum atomic E-state index is 10.3. The lowest BCUT2D eigenvalue weighted by Crippen LogP contribution is -2.33. The van der Waals surface area contributed by atoms with Gasteiger partial charge in [0, 0.05) is 24.2 Å². The van der Waals surface area contributed by atoms with Gasteiger partial charge in [-0.1, -0.05) is 13.8 Å². The molecule has 0 radical (unpaired) electrons. The van der Waals surface area contributed by atoms with Crippen molar-refractivity contribution in [3.05, 3.63) is 30.4 Å². The molecule has 4 rings (SSSR count). The van der Waals surface area contributed by atoms with Gasteiger partial charge in [0.2, 0.25) is 5.88 Å². The van der Waals surface area contributed by atoms with Crippen LogP contribution in [0.1, 0.15) is 51.3 Å². The fourth-order valence-electron chi connectivity index (χ4n) is 4.64. The topological polar surface area (TPSA) is 60.2 Å². The molecule has 2 unspecified atom stereocenters. The molecule has 1 aliphatic carbocycles. The van der Waals surface area contributed by atoms with E-state index in [0.717, 1.165) is 29.8 Å². The first kappa shape index (κ1) is 16.6. The number of hydrogen-bond acceptors (Lipinski definition) is 4. The molecule has 2 aromatic rings. The van der Waals surface area contributed by atoms with Crippen LogP contribution in [0.5, 0.6) is 5.88 Å². The number of imidazole rings is 1. The third-order valence-electron chi connectivity index (χ3n) is 6.24. The Morgan fingerprint density at radius 2 is 2.08 bits per heavy atom. The number of aromatic nitrogens is 3. The van der Waals surface area contributed by atoms with Crippen LogP contribution in [0, 0.1) is 17.3 Å². The Hall–Kier alpha value is -1.88. The average Bonchev–Trinajstić information content (AvgIpc) is 3.18. The van der Waals surface area contributed by atoms with Gasteiger partial charge in [0.25, 0.3) is 0 Å². The lowest BCUT2D eigenvalue weighted by molar-refractivity contribution is 0.0828. The summed E-state index contributed by atoms with van der Waals surface area (Å²) in [6.45, 7) is 4.87. The Morgan fingerprint density at radius 3 is 2.76 bits per heavy atom. The molecule has 0 saturated heterocycles. The van der Waals surface area contributed by atoms with E-state index in [-0.39, 0.29) is 18.6 Å². The Kier molecular flexibility index (Phi) is 4.07. The molecule has 2 atom stereocenters. The molecule has 134 valence electrons. The van der Waals surface area contributed by atoms with Crippen molar-refractivity contribution in [2.75, 3.05) is 13.7 Å². The van der Waals surface area contributed by atoms with Crippen molar-refractivity contribution < 1.29 is 9.84 Å². The standard InChI is InChI=1S/C20H27N3O2/c1-20(2)8-6-13(7-9-20)15(11-24)19-18-14(4-5-17(22-18)25-3)16-10-21-12-23(16)19/h4-5,10,12-13,15,19,24H,6-9,11H2,1-3H3. The smallest absolute Gasteiger partial charge is 0.213 e. The van der Waals surface area contributed by atoms with Crippen molar-refractivity contribution in [1.29, 1.82) is 0 Å². The van der Waals surface area contributed by atoms with Gasteiger partial charge in [0.05, 0.1) is 37.1 Å². The van der Waals surface area contributed by atoms with E-state index in [0.29, 0.717) is 17.2 Å². The number of nitrogens with zero attached hydrogens (tertiary/aromatic N) is 3. The molecule has 0 bridgehead atoms. The monoisotopic (exact) mass is 341 g/mol. The van der Waals surface area contributed by atoms with E-state index >= 15 is 0 Å². The van der Waals surface area contributed by atoms with E-state index in [1.54, 1.807) is 7.11 Å². The molecular formula is C20H27N3O2. The van der Waals surface area contributed by atoms with Gasteiger partial charge < -0.3 is 14.4 Å². The largest absolute Gasteiger partial charge is 0.481 e. The maximum absolute atomic E-state index is 10.3. The molecule has 0 aromatic carbocycles. The van der Waals surface area contributed by atoms with Crippen molar-refractivity contribution in [1.82, 2.24) is 14.5 Å². The summed E-state index contributed by atoms with van der Waals surface area (Å²) >= 11 is 0. The number of ether oxygens (including phenoxy) is 1. The van der Waals surface area contributed by atoms with Crippen LogP contribution in [0.2, 0.25) is 0 Å². The maximum Gasteiger partial charge on any atom is 0.213 e. The molecule has 0 spiro atoms. The van der Waals surface area contributed by atoms with Crippen LogP contribution in [0.15, 0.2) is 24.7 Å². The molecule has 0 amide bonds. The van der Waals surface area contributed by atoms with E-state index in [2.05, 4.69) is 29.5 Å². The summed E-state index contributed by atoms with van der Waals surface area (Å²) in [6.07, 6.45) is 8.54. The van der Waals surface area contributed by atoms with E-state index in [4.69, 9.17) is 9.72 Å². The molecule has 1 N–H and O–H groups in total. The summed E-state index contributed by atoms with van der Waals surface area (Å²) in [6, 6.07) is 4.00. The Balaban J connectivity index is 1.71. The van der Waals surface area contributed by atoms with Gasteiger partial charge in [-0.15, -0.1) is 0 Å². The highest BCUT2D eigenvalue weighted by molar-refractivity contribution is 5.67. The van der Waals surface area contributed by atoms with Crippen LogP contribution in [-0.4, -0.2) is 33.4 Å². The van der Waals surface area contributed by atoms with Crippen LogP contribution in [0.25, 0.3) is 11.3 Å². The minimum Gasteiger partial charge on any atom is -0.481 e. The van der Waals surface area contributed by atoms with Gasteiger partial charge in [0.15, 0.2) is 0 Å². The van der Waals surface area contributed by atoms with Gasteiger partial charge in [-0.05, 0) is 43.1 Å². The summed E-state index contributed by atoms with van der Waals surface area (Å²) in [7, 11) is 1.65. The fraction of sp³-hybridized carbons (Fsp3) is 0.600. The second-order valence-corrected chi connectivity index (χ2v) is 8.27. The van der Waals surface area contributed by atoms with Gasteiger partial charge in [-0.3, -0.25) is 0 Å². The second-order valence-electron chi connectivity index (χ2n) is 8.27. The minimum atomic E-state index is 0.0406. The molecule has 1 fully saturated rings. The Labute approximate surface area is 149 Å². The van der Waals surface area contributed by atoms with Crippen molar-refractivity contribution >= 4 is 0 Å². The van der Waals surface area contributed by atoms with Gasteiger partial charge in [0.1, 0.15) is 0 Å². The van der Waals surface area contributed by atoms with Crippen LogP contribution in [0.4, 0.5) is 0 Å². The molecule has 2 aromatic heterocycles. The number of methoxy groups -OCH3 is 1. The van der Waals surface area contributed by atoms with Crippen molar-refractivity contribution in [2.24, 2.45) is 17.3 Å². The van der Waals surface area contributed by atoms with Gasteiger partial charge in [-0.2, -0.15) is 0 Å². The van der Waals surface area contributed by atoms with E-state index in [9.17, 15) is 5.11 Å². The summed E-state index contributed by atoms with van der Waals surface area (Å²) in [5.74, 6) is 1.30. The Morgan fingerprint density at radius 1 is 1.32 bits per heavy atom. The van der Waals surface area contributed by atoms with Crippen molar-refractivity contribution in [3.8, 4) is 17.1 Å². The third kappa shape index (κ3) is 2.74. The minimum absolute atomic E-state index is 0.0406. The molecule has 2 aliphatic rings. The van der Waals surface area contributed by atoms with Gasteiger partial charge >= 0.3 is 0 Å². The Bertz CT molecular complexity index is 758. The molecule has 25 heavy (non-hydrogen) atoms. The van der Waals surface area contributed by atoms with Crippen LogP contribution < -0.4 is 4.74 Å². The normalized spacial score (nSPS) is 23.1. The second kappa shape index (κ2) is 6.13. The summed E-state index contributed by atoms with van der Waals surface area (Å²) in [5, 5.41) is 10.3. The highest BCUT2D eigenvalue weighted by atomic mass is 16.5. The predicted molar refractivity (Wildman–Crippen MR) is 96.5 cm³/mol. The molecule has 5 heteroatoms. The lowest BCUT2D eigenvalue weighted by atomic mass is 9.68. The van der Waals surface area contributed by atoms with Crippen LogP contribution >= 0.6 is 0 Å². The lowest BCUT2D eigenvalue weighted by Gasteiger charge is -2.39. The number of hydrogen-bond donors (Lipinski definition) is 1. The zero-order chi connectivity index (χ0) is 17.6. The van der Waals surface area contributed by atoms with Gasteiger partial charge in [-0.25, -0.2) is 9.97 Å². The SMILES string of the molecule is COc1ccc2c(n1)C(C(CO)C1CCC(C)(C)CC1)n1cncc1-2. The van der Waals surface area contributed by atoms with E-state index < -0.39 is 0 Å². The third-order valence-corrected chi connectivity index (χ3v) is 6.24. The average molecular weight is 341 g/mol. The number of fused-ring (bicyclic) bond motifs is 3. The zero-order valence-electron chi connectivity index (χ0n) is 15.3. The first-order valence-electron chi connectivity index (χ1n) is 9.22. The van der Waals surface area contributed by atoms with E-state index in [1.165, 1.54) is 12.8 Å². The quantitative estimate of drug-likeness (QED) is 0.921. The first-order valence-corrected chi connectivity index (χ1v) is 9.22.